The molecule has 0 spiro atoms. The summed E-state index contributed by atoms with van der Waals surface area (Å²) in [5.41, 5.74) is 0. The van der Waals surface area contributed by atoms with Crippen LogP contribution in [0, 0.1) is 0 Å². The Kier molecular flexibility index (Phi) is 36.9. The molecule has 0 rings (SSSR count). The van der Waals surface area contributed by atoms with Crippen LogP contribution in [0.15, 0.2) is 5.16 Å². The Bertz CT molecular complexity index is 717. The van der Waals surface area contributed by atoms with Crippen LogP contribution in [0.4, 0.5) is 0 Å². The Morgan fingerprint density at radius 2 is 1.02 bits per heavy atom. The van der Waals surface area contributed by atoms with Crippen LogP contribution in [0.3, 0.4) is 0 Å². The SMILES string of the molecule is CCCCCCCCOC(=O)CCCCCCCN(CCC/C=N/OC)CCCCCCCC(=O)OC(CCCCC)CCCCCC. The monoisotopic (exact) mass is 681 g/mol. The Balaban J connectivity index is 4.13. The van der Waals surface area contributed by atoms with Gasteiger partial charge in [0.2, 0.25) is 0 Å². The molecule has 284 valence electrons. The molecule has 0 aliphatic carbocycles. The molecular formula is C41H80N2O5. The summed E-state index contributed by atoms with van der Waals surface area (Å²) in [6.07, 6.45) is 34.3. The lowest BCUT2D eigenvalue weighted by Gasteiger charge is -2.22. The molecule has 48 heavy (non-hydrogen) atoms. The zero-order chi connectivity index (χ0) is 35.2. The lowest BCUT2D eigenvalue weighted by atomic mass is 10.0. The second-order valence-corrected chi connectivity index (χ2v) is 13.9. The van der Waals surface area contributed by atoms with E-state index in [-0.39, 0.29) is 18.0 Å². The fraction of sp³-hybridized carbons (Fsp3) is 0.927. The molecule has 0 aromatic rings. The van der Waals surface area contributed by atoms with Crippen molar-refractivity contribution in [1.29, 1.82) is 0 Å². The first-order valence-electron chi connectivity index (χ1n) is 20.7. The Hall–Kier alpha value is -1.63. The molecule has 0 fully saturated rings. The van der Waals surface area contributed by atoms with Crippen molar-refractivity contribution in [2.75, 3.05) is 33.4 Å². The van der Waals surface area contributed by atoms with Gasteiger partial charge in [-0.3, -0.25) is 9.59 Å². The largest absolute Gasteiger partial charge is 0.466 e. The molecule has 0 saturated carbocycles. The molecule has 0 aromatic carbocycles. The van der Waals surface area contributed by atoms with Gasteiger partial charge in [-0.05, 0) is 90.3 Å². The summed E-state index contributed by atoms with van der Waals surface area (Å²) in [7, 11) is 1.59. The summed E-state index contributed by atoms with van der Waals surface area (Å²) < 4.78 is 11.3. The van der Waals surface area contributed by atoms with Gasteiger partial charge in [0.1, 0.15) is 13.2 Å². The van der Waals surface area contributed by atoms with E-state index < -0.39 is 0 Å². The molecule has 1 atom stereocenters. The summed E-state index contributed by atoms with van der Waals surface area (Å²) >= 11 is 0. The Morgan fingerprint density at radius 1 is 0.562 bits per heavy atom. The topological polar surface area (TPSA) is 77.4 Å². The molecular weight excluding hydrogens is 600 g/mol. The standard InChI is InChI=1S/C41H80N2O5/c1-5-8-11-13-20-29-38-47-40(44)32-23-16-14-18-26-35-43(37-28-25-34-42-46-4)36-27-19-15-17-24-33-41(45)48-39(30-21-10-7-3)31-22-12-9-6-2/h34,39H,5-33,35-38H2,1-4H3/b42-34+. The van der Waals surface area contributed by atoms with E-state index in [4.69, 9.17) is 14.3 Å². The molecule has 0 amide bonds. The average Bonchev–Trinajstić information content (AvgIpc) is 3.08. The van der Waals surface area contributed by atoms with Gasteiger partial charge >= 0.3 is 11.9 Å². The van der Waals surface area contributed by atoms with Gasteiger partial charge in [0.25, 0.3) is 0 Å². The Morgan fingerprint density at radius 3 is 1.62 bits per heavy atom. The average molecular weight is 681 g/mol. The predicted octanol–water partition coefficient (Wildman–Crippen LogP) is 11.7. The number of unbranched alkanes of at least 4 members (excludes halogenated alkanes) is 19. The number of ether oxygens (including phenoxy) is 2. The van der Waals surface area contributed by atoms with E-state index in [0.29, 0.717) is 19.4 Å². The van der Waals surface area contributed by atoms with Crippen LogP contribution in [-0.4, -0.2) is 62.5 Å². The highest BCUT2D eigenvalue weighted by molar-refractivity contribution is 5.69. The number of hydrogen-bond acceptors (Lipinski definition) is 7. The minimum atomic E-state index is -0.0220. The summed E-state index contributed by atoms with van der Waals surface area (Å²) in [5, 5.41) is 3.88. The van der Waals surface area contributed by atoms with E-state index in [0.717, 1.165) is 83.8 Å². The van der Waals surface area contributed by atoms with Crippen LogP contribution in [0.5, 0.6) is 0 Å². The minimum Gasteiger partial charge on any atom is -0.466 e. The van der Waals surface area contributed by atoms with Crippen molar-refractivity contribution in [1.82, 2.24) is 4.90 Å². The molecule has 0 aliphatic rings. The third kappa shape index (κ3) is 34.2. The normalized spacial score (nSPS) is 12.2. The summed E-state index contributed by atoms with van der Waals surface area (Å²) in [6.45, 7) is 10.6. The van der Waals surface area contributed by atoms with Gasteiger partial charge < -0.3 is 19.2 Å². The van der Waals surface area contributed by atoms with E-state index in [1.54, 1.807) is 7.11 Å². The van der Waals surface area contributed by atoms with Gasteiger partial charge in [-0.25, -0.2) is 0 Å². The van der Waals surface area contributed by atoms with E-state index in [1.807, 2.05) is 6.21 Å². The molecule has 0 bridgehead atoms. The van der Waals surface area contributed by atoms with Gasteiger partial charge in [-0.2, -0.15) is 0 Å². The zero-order valence-electron chi connectivity index (χ0n) is 32.4. The van der Waals surface area contributed by atoms with Crippen molar-refractivity contribution in [3.63, 3.8) is 0 Å². The fourth-order valence-electron chi connectivity index (χ4n) is 6.21. The lowest BCUT2D eigenvalue weighted by Crippen LogP contribution is -2.27. The van der Waals surface area contributed by atoms with Crippen molar-refractivity contribution >= 4 is 18.2 Å². The number of hydrogen-bond donors (Lipinski definition) is 0. The maximum absolute atomic E-state index is 12.5. The van der Waals surface area contributed by atoms with E-state index in [2.05, 4.69) is 30.8 Å². The van der Waals surface area contributed by atoms with Crippen LogP contribution >= 0.6 is 0 Å². The minimum absolute atomic E-state index is 0.0126. The number of esters is 2. The van der Waals surface area contributed by atoms with Crippen LogP contribution < -0.4 is 0 Å². The summed E-state index contributed by atoms with van der Waals surface area (Å²) in [6, 6.07) is 0. The highest BCUT2D eigenvalue weighted by Gasteiger charge is 2.14. The summed E-state index contributed by atoms with van der Waals surface area (Å²) in [4.78, 5) is 32.0. The second-order valence-electron chi connectivity index (χ2n) is 13.9. The molecule has 0 aliphatic heterocycles. The van der Waals surface area contributed by atoms with Crippen molar-refractivity contribution < 1.29 is 23.9 Å². The first kappa shape index (κ1) is 46.4. The van der Waals surface area contributed by atoms with E-state index in [9.17, 15) is 9.59 Å². The van der Waals surface area contributed by atoms with Crippen LogP contribution in [0.2, 0.25) is 0 Å². The van der Waals surface area contributed by atoms with Crippen molar-refractivity contribution in [3.05, 3.63) is 0 Å². The molecule has 0 N–H and O–H groups in total. The fourth-order valence-corrected chi connectivity index (χ4v) is 6.21. The molecule has 0 heterocycles. The maximum atomic E-state index is 12.5. The second kappa shape index (κ2) is 38.2. The van der Waals surface area contributed by atoms with Crippen molar-refractivity contribution in [2.24, 2.45) is 5.16 Å². The zero-order valence-corrected chi connectivity index (χ0v) is 32.4. The quantitative estimate of drug-likeness (QED) is 0.0279. The molecule has 7 heteroatoms. The lowest BCUT2D eigenvalue weighted by molar-refractivity contribution is -0.150. The molecule has 1 unspecified atom stereocenters. The highest BCUT2D eigenvalue weighted by Crippen LogP contribution is 2.17. The molecule has 0 aromatic heterocycles. The summed E-state index contributed by atoms with van der Waals surface area (Å²) in [5.74, 6) is -0.00936. The molecule has 0 radical (unpaired) electrons. The van der Waals surface area contributed by atoms with E-state index >= 15 is 0 Å². The van der Waals surface area contributed by atoms with Crippen LogP contribution in [0.25, 0.3) is 0 Å². The number of oxime groups is 1. The van der Waals surface area contributed by atoms with Gasteiger partial charge in [0.15, 0.2) is 0 Å². The van der Waals surface area contributed by atoms with Crippen LogP contribution in [0.1, 0.15) is 207 Å². The third-order valence-corrected chi connectivity index (χ3v) is 9.27. The van der Waals surface area contributed by atoms with Gasteiger partial charge in [-0.1, -0.05) is 129 Å². The van der Waals surface area contributed by atoms with Gasteiger partial charge in [-0.15, -0.1) is 0 Å². The highest BCUT2D eigenvalue weighted by atomic mass is 16.6. The molecule has 7 nitrogen and oxygen atoms in total. The smallest absolute Gasteiger partial charge is 0.306 e. The number of carbonyl (C=O) groups excluding carboxylic acids is 2. The first-order chi connectivity index (χ1) is 23.6. The maximum Gasteiger partial charge on any atom is 0.306 e. The number of carbonyl (C=O) groups is 2. The van der Waals surface area contributed by atoms with Gasteiger partial charge in [0.05, 0.1) is 6.61 Å². The number of rotatable bonds is 38. The molecule has 0 saturated heterocycles. The Labute approximate surface area is 298 Å². The van der Waals surface area contributed by atoms with Crippen LogP contribution in [-0.2, 0) is 23.9 Å². The number of nitrogens with zero attached hydrogens (tertiary/aromatic N) is 2. The van der Waals surface area contributed by atoms with Gasteiger partial charge in [0, 0.05) is 19.1 Å². The predicted molar refractivity (Wildman–Crippen MR) is 204 cm³/mol. The third-order valence-electron chi connectivity index (χ3n) is 9.27. The first-order valence-corrected chi connectivity index (χ1v) is 20.7. The van der Waals surface area contributed by atoms with E-state index in [1.165, 1.54) is 109 Å². The van der Waals surface area contributed by atoms with Crippen molar-refractivity contribution in [3.8, 4) is 0 Å². The van der Waals surface area contributed by atoms with Crippen molar-refractivity contribution in [2.45, 2.75) is 213 Å².